The summed E-state index contributed by atoms with van der Waals surface area (Å²) in [6.45, 7) is 8.30. The van der Waals surface area contributed by atoms with Crippen molar-refractivity contribution in [2.75, 3.05) is 13.1 Å². The molecule has 3 aromatic carbocycles. The van der Waals surface area contributed by atoms with Crippen LogP contribution < -0.4 is 14.2 Å². The molecule has 9 heteroatoms. The van der Waals surface area contributed by atoms with Crippen LogP contribution in [-0.2, 0) is 9.53 Å². The molecule has 0 fully saturated rings. The van der Waals surface area contributed by atoms with E-state index in [1.54, 1.807) is 43.3 Å². The average molecular weight is 520 g/mol. The topological polar surface area (TPSA) is 108 Å². The molecule has 1 unspecified atom stereocenters. The van der Waals surface area contributed by atoms with E-state index in [1.165, 1.54) is 43.3 Å². The van der Waals surface area contributed by atoms with Crippen molar-refractivity contribution in [3.63, 3.8) is 0 Å². The van der Waals surface area contributed by atoms with Crippen LogP contribution in [0.1, 0.15) is 58.8 Å². The molecule has 0 aromatic heterocycles. The molecule has 0 bridgehead atoms. The molecule has 3 rings (SSSR count). The third-order valence-electron chi connectivity index (χ3n) is 5.58. The van der Waals surface area contributed by atoms with Crippen LogP contribution in [0.2, 0.25) is 0 Å². The van der Waals surface area contributed by atoms with Crippen LogP contribution in [-0.4, -0.2) is 48.1 Å². The van der Waals surface area contributed by atoms with E-state index in [9.17, 15) is 19.2 Å². The van der Waals surface area contributed by atoms with Crippen molar-refractivity contribution in [2.45, 2.75) is 33.9 Å². The Labute approximate surface area is 220 Å². The molecule has 0 spiro atoms. The Balaban J connectivity index is 1.81. The van der Waals surface area contributed by atoms with Crippen LogP contribution in [0, 0.1) is 0 Å². The molecule has 9 nitrogen and oxygen atoms in total. The molecule has 1 atom stereocenters. The van der Waals surface area contributed by atoms with Gasteiger partial charge in [-0.3, -0.25) is 9.69 Å². The third kappa shape index (κ3) is 7.04. The first kappa shape index (κ1) is 28.1. The fourth-order valence-corrected chi connectivity index (χ4v) is 3.67. The molecule has 0 aliphatic carbocycles. The van der Waals surface area contributed by atoms with Crippen molar-refractivity contribution >= 4 is 23.9 Å². The molecule has 0 saturated heterocycles. The Morgan fingerprint density at radius 3 is 1.39 bits per heavy atom. The van der Waals surface area contributed by atoms with E-state index in [4.69, 9.17) is 18.9 Å². The highest BCUT2D eigenvalue weighted by Gasteiger charge is 2.24. The number of para-hydroxylation sites is 3. The Bertz CT molecular complexity index is 1320. The summed E-state index contributed by atoms with van der Waals surface area (Å²) in [4.78, 5) is 52.2. The van der Waals surface area contributed by atoms with Gasteiger partial charge < -0.3 is 18.9 Å². The number of hydrogen-bond donors (Lipinski definition) is 0. The minimum atomic E-state index is -0.848. The first-order chi connectivity index (χ1) is 18.2. The maximum atomic E-state index is 13.1. The second-order valence-corrected chi connectivity index (χ2v) is 8.09. The number of carbonyl (C=O) groups is 4. The number of nitrogens with zero attached hydrogens (tertiary/aromatic N) is 1. The van der Waals surface area contributed by atoms with Crippen molar-refractivity contribution in [1.29, 1.82) is 0 Å². The third-order valence-corrected chi connectivity index (χ3v) is 5.58. The number of rotatable bonds is 10. The Kier molecular flexibility index (Phi) is 9.72. The van der Waals surface area contributed by atoms with Crippen molar-refractivity contribution in [3.05, 3.63) is 89.5 Å². The zero-order valence-corrected chi connectivity index (χ0v) is 21.6. The van der Waals surface area contributed by atoms with E-state index in [0.29, 0.717) is 13.1 Å². The molecule has 3 aromatic rings. The predicted molar refractivity (Wildman–Crippen MR) is 138 cm³/mol. The quantitative estimate of drug-likeness (QED) is 0.210. The first-order valence-electron chi connectivity index (χ1n) is 12.1. The van der Waals surface area contributed by atoms with Crippen LogP contribution in [0.5, 0.6) is 17.2 Å². The van der Waals surface area contributed by atoms with Crippen molar-refractivity contribution in [1.82, 2.24) is 4.90 Å². The summed E-state index contributed by atoms with van der Waals surface area (Å²) in [6, 6.07) is 18.3. The lowest BCUT2D eigenvalue weighted by Crippen LogP contribution is -2.36. The molecule has 0 saturated carbocycles. The Hall–Kier alpha value is -4.50. The maximum absolute atomic E-state index is 13.1. The zero-order valence-electron chi connectivity index (χ0n) is 21.6. The minimum absolute atomic E-state index is 0.00119. The van der Waals surface area contributed by atoms with Crippen LogP contribution in [0.3, 0.4) is 0 Å². The second-order valence-electron chi connectivity index (χ2n) is 8.09. The van der Waals surface area contributed by atoms with E-state index < -0.39 is 30.1 Å². The molecule has 38 heavy (non-hydrogen) atoms. The van der Waals surface area contributed by atoms with Crippen LogP contribution in [0.25, 0.3) is 0 Å². The van der Waals surface area contributed by atoms with Gasteiger partial charge in [0.15, 0.2) is 6.23 Å². The standard InChI is InChI=1S/C29H29NO8/c1-5-30(6-2)19(3)35-27(32)22-14-8-11-17-25(22)37-29(34)23-15-9-12-18-26(23)38-28(33)21-13-7-10-16-24(21)36-20(4)31/h7-19H,5-6H2,1-4H3. The van der Waals surface area contributed by atoms with Gasteiger partial charge >= 0.3 is 23.9 Å². The monoisotopic (exact) mass is 519 g/mol. The van der Waals surface area contributed by atoms with Gasteiger partial charge in [0.2, 0.25) is 0 Å². The lowest BCUT2D eigenvalue weighted by Gasteiger charge is -2.26. The summed E-state index contributed by atoms with van der Waals surface area (Å²) in [5, 5.41) is 0. The van der Waals surface area contributed by atoms with Gasteiger partial charge in [-0.2, -0.15) is 0 Å². The number of benzene rings is 3. The Morgan fingerprint density at radius 1 is 0.632 bits per heavy atom. The summed E-state index contributed by atoms with van der Waals surface area (Å²) in [7, 11) is 0. The highest BCUT2D eigenvalue weighted by Crippen LogP contribution is 2.26. The molecule has 0 heterocycles. The molecule has 198 valence electrons. The van der Waals surface area contributed by atoms with Crippen LogP contribution in [0.15, 0.2) is 72.8 Å². The highest BCUT2D eigenvalue weighted by molar-refractivity contribution is 6.00. The largest absolute Gasteiger partial charge is 0.443 e. The van der Waals surface area contributed by atoms with E-state index in [-0.39, 0.29) is 33.9 Å². The number of esters is 4. The van der Waals surface area contributed by atoms with E-state index in [1.807, 2.05) is 18.7 Å². The van der Waals surface area contributed by atoms with E-state index in [2.05, 4.69) is 0 Å². The lowest BCUT2D eigenvalue weighted by molar-refractivity contribution is -0.131. The van der Waals surface area contributed by atoms with Gasteiger partial charge in [0.05, 0.1) is 0 Å². The second kappa shape index (κ2) is 13.2. The molecule has 0 amide bonds. The number of carbonyl (C=O) groups excluding carboxylic acids is 4. The van der Waals surface area contributed by atoms with Gasteiger partial charge in [0.25, 0.3) is 0 Å². The van der Waals surface area contributed by atoms with Crippen molar-refractivity contribution < 1.29 is 38.1 Å². The minimum Gasteiger partial charge on any atom is -0.443 e. The summed E-state index contributed by atoms with van der Waals surface area (Å²) in [5.74, 6) is -2.98. The molecule has 0 radical (unpaired) electrons. The Morgan fingerprint density at radius 2 is 1.00 bits per heavy atom. The molecular formula is C29H29NO8. The van der Waals surface area contributed by atoms with Gasteiger partial charge in [-0.25, -0.2) is 14.4 Å². The molecule has 0 N–H and O–H groups in total. The average Bonchev–Trinajstić information content (AvgIpc) is 2.89. The fourth-order valence-electron chi connectivity index (χ4n) is 3.67. The summed E-state index contributed by atoms with van der Waals surface area (Å²) in [5.41, 5.74) is 0.0245. The summed E-state index contributed by atoms with van der Waals surface area (Å²) in [6.07, 6.45) is -0.476. The van der Waals surface area contributed by atoms with E-state index in [0.717, 1.165) is 0 Å². The van der Waals surface area contributed by atoms with Crippen molar-refractivity contribution in [3.8, 4) is 17.2 Å². The predicted octanol–water partition coefficient (Wildman–Crippen LogP) is 4.89. The highest BCUT2D eigenvalue weighted by atomic mass is 16.6. The maximum Gasteiger partial charge on any atom is 0.347 e. The lowest BCUT2D eigenvalue weighted by atomic mass is 10.1. The van der Waals surface area contributed by atoms with Gasteiger partial charge in [-0.05, 0) is 56.4 Å². The molecule has 0 aliphatic heterocycles. The SMILES string of the molecule is CCN(CC)C(C)OC(=O)c1ccccc1OC(=O)c1ccccc1OC(=O)c1ccccc1OC(C)=O. The van der Waals surface area contributed by atoms with Crippen LogP contribution in [0.4, 0.5) is 0 Å². The van der Waals surface area contributed by atoms with Crippen LogP contribution >= 0.6 is 0 Å². The fraction of sp³-hybridized carbons (Fsp3) is 0.241. The zero-order chi connectivity index (χ0) is 27.7. The summed E-state index contributed by atoms with van der Waals surface area (Å²) < 4.78 is 21.6. The van der Waals surface area contributed by atoms with E-state index >= 15 is 0 Å². The van der Waals surface area contributed by atoms with Gasteiger partial charge in [-0.1, -0.05) is 50.2 Å². The molecular weight excluding hydrogens is 490 g/mol. The van der Waals surface area contributed by atoms with Gasteiger partial charge in [-0.15, -0.1) is 0 Å². The number of ether oxygens (including phenoxy) is 4. The normalized spacial score (nSPS) is 11.4. The van der Waals surface area contributed by atoms with Crippen molar-refractivity contribution in [2.24, 2.45) is 0 Å². The first-order valence-corrected chi connectivity index (χ1v) is 12.1. The smallest absolute Gasteiger partial charge is 0.347 e. The summed E-state index contributed by atoms with van der Waals surface area (Å²) >= 11 is 0. The molecule has 0 aliphatic rings. The van der Waals surface area contributed by atoms with Gasteiger partial charge in [0.1, 0.15) is 33.9 Å². The number of hydrogen-bond acceptors (Lipinski definition) is 9. The van der Waals surface area contributed by atoms with Gasteiger partial charge in [0, 0.05) is 6.92 Å².